The van der Waals surface area contributed by atoms with Gasteiger partial charge in [-0.05, 0) is 19.1 Å². The number of rotatable bonds is 3. The van der Waals surface area contributed by atoms with Crippen molar-refractivity contribution >= 4 is 17.2 Å². The van der Waals surface area contributed by atoms with E-state index in [1.54, 1.807) is 6.20 Å². The maximum atomic E-state index is 13.0. The van der Waals surface area contributed by atoms with Crippen LogP contribution in [0.1, 0.15) is 20.2 Å². The summed E-state index contributed by atoms with van der Waals surface area (Å²) in [5, 5.41) is 3.13. The lowest BCUT2D eigenvalue weighted by atomic mass is 10.2. The van der Waals surface area contributed by atoms with E-state index in [0.29, 0.717) is 17.1 Å². The van der Waals surface area contributed by atoms with Crippen LogP contribution in [0.4, 0.5) is 13.2 Å². The Morgan fingerprint density at radius 3 is 2.47 bits per heavy atom. The van der Waals surface area contributed by atoms with Gasteiger partial charge in [0.1, 0.15) is 5.01 Å². The highest BCUT2D eigenvalue weighted by atomic mass is 32.1. The summed E-state index contributed by atoms with van der Waals surface area (Å²) in [6.45, 7) is 2.02. The standard InChI is InChI=1S/C12H9F3N2OS/c1-6-4-16-10(19-6)5-17-12(18)7-2-8(13)11(15)9(14)3-7/h2-4H,5H2,1H3,(H,17,18). The summed E-state index contributed by atoms with van der Waals surface area (Å²) in [5.41, 5.74) is -0.273. The van der Waals surface area contributed by atoms with Crippen LogP contribution >= 0.6 is 11.3 Å². The van der Waals surface area contributed by atoms with Gasteiger partial charge in [0.2, 0.25) is 0 Å². The van der Waals surface area contributed by atoms with Crippen LogP contribution in [0.2, 0.25) is 0 Å². The molecule has 1 amide bonds. The van der Waals surface area contributed by atoms with Crippen molar-refractivity contribution in [3.8, 4) is 0 Å². The third-order valence-electron chi connectivity index (χ3n) is 2.32. The minimum atomic E-state index is -1.59. The van der Waals surface area contributed by atoms with Gasteiger partial charge in [0, 0.05) is 16.6 Å². The second-order valence-electron chi connectivity index (χ2n) is 3.80. The molecule has 0 aliphatic rings. The molecule has 1 heterocycles. The Kier molecular flexibility index (Phi) is 3.84. The Morgan fingerprint density at radius 2 is 1.95 bits per heavy atom. The minimum Gasteiger partial charge on any atom is -0.346 e. The predicted molar refractivity (Wildman–Crippen MR) is 64.3 cm³/mol. The number of aryl methyl sites for hydroxylation is 1. The lowest BCUT2D eigenvalue weighted by Crippen LogP contribution is -2.23. The van der Waals surface area contributed by atoms with Gasteiger partial charge in [-0.15, -0.1) is 11.3 Å². The van der Waals surface area contributed by atoms with Gasteiger partial charge in [-0.3, -0.25) is 4.79 Å². The normalized spacial score (nSPS) is 10.5. The molecule has 3 nitrogen and oxygen atoms in total. The van der Waals surface area contributed by atoms with Crippen LogP contribution < -0.4 is 5.32 Å². The van der Waals surface area contributed by atoms with Crippen molar-refractivity contribution in [1.29, 1.82) is 0 Å². The predicted octanol–water partition coefficient (Wildman–Crippen LogP) is 2.80. The maximum Gasteiger partial charge on any atom is 0.251 e. The number of amides is 1. The van der Waals surface area contributed by atoms with Crippen molar-refractivity contribution < 1.29 is 18.0 Å². The number of nitrogens with zero attached hydrogens (tertiary/aromatic N) is 1. The van der Waals surface area contributed by atoms with Crippen molar-refractivity contribution in [3.63, 3.8) is 0 Å². The number of aromatic nitrogens is 1. The first-order valence-corrected chi connectivity index (χ1v) is 6.13. The SMILES string of the molecule is Cc1cnc(CNC(=O)c2cc(F)c(F)c(F)c2)s1. The van der Waals surface area contributed by atoms with Crippen molar-refractivity contribution in [2.45, 2.75) is 13.5 Å². The molecule has 7 heteroatoms. The van der Waals surface area contributed by atoms with Gasteiger partial charge in [-0.1, -0.05) is 0 Å². The third-order valence-corrected chi connectivity index (χ3v) is 3.23. The smallest absolute Gasteiger partial charge is 0.251 e. The number of halogens is 3. The van der Waals surface area contributed by atoms with Gasteiger partial charge in [-0.2, -0.15) is 0 Å². The molecule has 0 aliphatic heterocycles. The second kappa shape index (κ2) is 5.40. The van der Waals surface area contributed by atoms with Crippen molar-refractivity contribution in [3.05, 3.63) is 51.2 Å². The first-order valence-electron chi connectivity index (χ1n) is 5.31. The lowest BCUT2D eigenvalue weighted by Gasteiger charge is -2.04. The first-order chi connectivity index (χ1) is 8.97. The Morgan fingerprint density at radius 1 is 1.32 bits per heavy atom. The molecular formula is C12H9F3N2OS. The average molecular weight is 286 g/mol. The van der Waals surface area contributed by atoms with Gasteiger partial charge < -0.3 is 5.32 Å². The lowest BCUT2D eigenvalue weighted by molar-refractivity contribution is 0.0949. The van der Waals surface area contributed by atoms with E-state index in [1.807, 2.05) is 6.92 Å². The van der Waals surface area contributed by atoms with Gasteiger partial charge in [-0.25, -0.2) is 18.2 Å². The van der Waals surface area contributed by atoms with Gasteiger partial charge in [0.25, 0.3) is 5.91 Å². The zero-order chi connectivity index (χ0) is 14.0. The zero-order valence-electron chi connectivity index (χ0n) is 9.84. The van der Waals surface area contributed by atoms with Crippen molar-refractivity contribution in [2.75, 3.05) is 0 Å². The molecule has 0 fully saturated rings. The number of carbonyl (C=O) groups is 1. The van der Waals surface area contributed by atoms with Gasteiger partial charge >= 0.3 is 0 Å². The minimum absolute atomic E-state index is 0.151. The summed E-state index contributed by atoms with van der Waals surface area (Å²) in [4.78, 5) is 16.7. The number of hydrogen-bond donors (Lipinski definition) is 1. The molecule has 1 N–H and O–H groups in total. The highest BCUT2D eigenvalue weighted by Crippen LogP contribution is 2.14. The molecule has 100 valence electrons. The molecule has 1 aromatic heterocycles. The molecule has 19 heavy (non-hydrogen) atoms. The Balaban J connectivity index is 2.08. The number of hydrogen-bond acceptors (Lipinski definition) is 3. The van der Waals surface area contributed by atoms with Gasteiger partial charge in [0.15, 0.2) is 17.5 Å². The van der Waals surface area contributed by atoms with E-state index in [1.165, 1.54) is 11.3 Å². The number of nitrogens with one attached hydrogen (secondary N) is 1. The molecule has 0 saturated heterocycles. The van der Waals surface area contributed by atoms with Crippen molar-refractivity contribution in [1.82, 2.24) is 10.3 Å². The third kappa shape index (κ3) is 3.11. The molecule has 2 rings (SSSR count). The van der Waals surface area contributed by atoms with Crippen LogP contribution in [0.3, 0.4) is 0 Å². The van der Waals surface area contributed by atoms with E-state index in [9.17, 15) is 18.0 Å². The fourth-order valence-electron chi connectivity index (χ4n) is 1.43. The highest BCUT2D eigenvalue weighted by Gasteiger charge is 2.15. The van der Waals surface area contributed by atoms with Crippen LogP contribution in [-0.2, 0) is 6.54 Å². The van der Waals surface area contributed by atoms with Crippen LogP contribution in [0, 0.1) is 24.4 Å². The highest BCUT2D eigenvalue weighted by molar-refractivity contribution is 7.11. The van der Waals surface area contributed by atoms with E-state index < -0.39 is 23.4 Å². The molecule has 0 aliphatic carbocycles. The average Bonchev–Trinajstić information content (AvgIpc) is 2.78. The molecule has 0 unspecified atom stereocenters. The number of thiazole rings is 1. The van der Waals surface area contributed by atoms with E-state index in [2.05, 4.69) is 10.3 Å². The van der Waals surface area contributed by atoms with E-state index in [4.69, 9.17) is 0 Å². The summed E-state index contributed by atoms with van der Waals surface area (Å²) < 4.78 is 38.7. The molecule has 0 atom stereocenters. The molecule has 2 aromatic rings. The second-order valence-corrected chi connectivity index (χ2v) is 5.12. The van der Waals surface area contributed by atoms with E-state index >= 15 is 0 Å². The molecule has 0 bridgehead atoms. The Bertz CT molecular complexity index is 604. The summed E-state index contributed by atoms with van der Waals surface area (Å²) in [5.74, 6) is -5.07. The quantitative estimate of drug-likeness (QED) is 0.882. The molecule has 0 saturated carbocycles. The van der Waals surface area contributed by atoms with E-state index in [0.717, 1.165) is 4.88 Å². The Hall–Kier alpha value is -1.89. The topological polar surface area (TPSA) is 42.0 Å². The summed E-state index contributed by atoms with van der Waals surface area (Å²) in [7, 11) is 0. The van der Waals surface area contributed by atoms with Crippen LogP contribution in [0.25, 0.3) is 0 Å². The first kappa shape index (κ1) is 13.5. The maximum absolute atomic E-state index is 13.0. The van der Waals surface area contributed by atoms with E-state index in [-0.39, 0.29) is 12.1 Å². The summed E-state index contributed by atoms with van der Waals surface area (Å²) in [6.07, 6.45) is 1.66. The fraction of sp³-hybridized carbons (Fsp3) is 0.167. The molecular weight excluding hydrogens is 277 g/mol. The fourth-order valence-corrected chi connectivity index (χ4v) is 2.15. The molecule has 0 spiro atoms. The Labute approximate surface area is 111 Å². The summed E-state index contributed by atoms with van der Waals surface area (Å²) >= 11 is 1.40. The van der Waals surface area contributed by atoms with Gasteiger partial charge in [0.05, 0.1) is 6.54 Å². The zero-order valence-corrected chi connectivity index (χ0v) is 10.7. The monoisotopic (exact) mass is 286 g/mol. The molecule has 1 aromatic carbocycles. The number of carbonyl (C=O) groups excluding carboxylic acids is 1. The summed E-state index contributed by atoms with van der Waals surface area (Å²) in [6, 6.07) is 1.31. The number of benzene rings is 1. The van der Waals surface area contributed by atoms with Crippen LogP contribution in [0.15, 0.2) is 18.3 Å². The molecule has 0 radical (unpaired) electrons. The van der Waals surface area contributed by atoms with Crippen LogP contribution in [-0.4, -0.2) is 10.9 Å². The van der Waals surface area contributed by atoms with Crippen molar-refractivity contribution in [2.24, 2.45) is 0 Å². The largest absolute Gasteiger partial charge is 0.346 e. The van der Waals surface area contributed by atoms with Crippen LogP contribution in [0.5, 0.6) is 0 Å².